The Balaban J connectivity index is 2.28. The molecule has 0 aliphatic carbocycles. The molecule has 0 unspecified atom stereocenters. The lowest BCUT2D eigenvalue weighted by Gasteiger charge is -2.31. The highest BCUT2D eigenvalue weighted by Crippen LogP contribution is 2.31. The van der Waals surface area contributed by atoms with Crippen LogP contribution in [0.2, 0.25) is 0 Å². The molecule has 0 radical (unpaired) electrons. The van der Waals surface area contributed by atoms with Crippen molar-refractivity contribution < 1.29 is 14.2 Å². The molecule has 124 valence electrons. The van der Waals surface area contributed by atoms with E-state index in [1.54, 1.807) is 14.2 Å². The van der Waals surface area contributed by atoms with Crippen LogP contribution in [0.15, 0.2) is 48.5 Å². The molecular formula is C20H26O3. The number of benzene rings is 2. The van der Waals surface area contributed by atoms with Gasteiger partial charge in [0.25, 0.3) is 0 Å². The van der Waals surface area contributed by atoms with Gasteiger partial charge in [0.05, 0.1) is 0 Å². The highest BCUT2D eigenvalue weighted by Gasteiger charge is 2.33. The first-order valence-corrected chi connectivity index (χ1v) is 7.91. The summed E-state index contributed by atoms with van der Waals surface area (Å²) in [6.45, 7) is 6.67. The largest absolute Gasteiger partial charge is 0.487 e. The molecule has 3 nitrogen and oxygen atoms in total. The standard InChI is InChI=1S/C20H26O3/c1-15(2)18-12-11-16(3)13-19(18)23-14-20(21-4,22-5)17-9-7-6-8-10-17/h6-13,15H,14H2,1-5H3. The van der Waals surface area contributed by atoms with Crippen LogP contribution in [0, 0.1) is 6.92 Å². The summed E-state index contributed by atoms with van der Waals surface area (Å²) in [5.74, 6) is 0.357. The quantitative estimate of drug-likeness (QED) is 0.697. The summed E-state index contributed by atoms with van der Waals surface area (Å²) in [5, 5.41) is 0. The van der Waals surface area contributed by atoms with Gasteiger partial charge in [-0.05, 0) is 30.0 Å². The lowest BCUT2D eigenvalue weighted by atomic mass is 10.0. The van der Waals surface area contributed by atoms with E-state index in [0.717, 1.165) is 11.3 Å². The molecule has 0 aliphatic rings. The van der Waals surface area contributed by atoms with Gasteiger partial charge in [0.15, 0.2) is 0 Å². The summed E-state index contributed by atoms with van der Waals surface area (Å²) in [4.78, 5) is 0. The minimum Gasteiger partial charge on any atom is -0.487 e. The third kappa shape index (κ3) is 3.92. The zero-order valence-corrected chi connectivity index (χ0v) is 14.6. The van der Waals surface area contributed by atoms with E-state index in [2.05, 4.69) is 39.0 Å². The summed E-state index contributed by atoms with van der Waals surface area (Å²) < 4.78 is 17.5. The van der Waals surface area contributed by atoms with Crippen molar-refractivity contribution in [1.29, 1.82) is 0 Å². The highest BCUT2D eigenvalue weighted by atomic mass is 16.7. The van der Waals surface area contributed by atoms with E-state index in [0.29, 0.717) is 5.92 Å². The van der Waals surface area contributed by atoms with Crippen molar-refractivity contribution in [2.75, 3.05) is 20.8 Å². The Bertz CT molecular complexity index is 616. The summed E-state index contributed by atoms with van der Waals surface area (Å²) in [7, 11) is 3.28. The number of ether oxygens (including phenoxy) is 3. The maximum atomic E-state index is 6.13. The van der Waals surface area contributed by atoms with E-state index in [4.69, 9.17) is 14.2 Å². The maximum Gasteiger partial charge on any atom is 0.229 e. The van der Waals surface area contributed by atoms with Crippen LogP contribution in [-0.4, -0.2) is 20.8 Å². The monoisotopic (exact) mass is 314 g/mol. The Morgan fingerprint density at radius 3 is 2.17 bits per heavy atom. The van der Waals surface area contributed by atoms with E-state index in [9.17, 15) is 0 Å². The van der Waals surface area contributed by atoms with E-state index >= 15 is 0 Å². The van der Waals surface area contributed by atoms with Gasteiger partial charge in [-0.2, -0.15) is 0 Å². The van der Waals surface area contributed by atoms with Crippen LogP contribution in [-0.2, 0) is 15.3 Å². The lowest BCUT2D eigenvalue weighted by Crippen LogP contribution is -2.37. The molecule has 0 bridgehead atoms. The van der Waals surface area contributed by atoms with Crippen molar-refractivity contribution in [2.45, 2.75) is 32.5 Å². The predicted octanol–water partition coefficient (Wildman–Crippen LogP) is 4.64. The summed E-state index contributed by atoms with van der Waals surface area (Å²) >= 11 is 0. The molecule has 0 saturated heterocycles. The van der Waals surface area contributed by atoms with Gasteiger partial charge in [-0.25, -0.2) is 0 Å². The summed E-state index contributed by atoms with van der Waals surface area (Å²) in [5.41, 5.74) is 3.29. The first-order chi connectivity index (χ1) is 11.0. The molecule has 23 heavy (non-hydrogen) atoms. The fourth-order valence-corrected chi connectivity index (χ4v) is 2.63. The molecule has 2 rings (SSSR count). The van der Waals surface area contributed by atoms with Gasteiger partial charge in [0.2, 0.25) is 5.79 Å². The molecule has 0 spiro atoms. The van der Waals surface area contributed by atoms with Crippen molar-refractivity contribution in [3.8, 4) is 5.75 Å². The summed E-state index contributed by atoms with van der Waals surface area (Å²) in [6, 6.07) is 16.2. The first-order valence-electron chi connectivity index (χ1n) is 7.91. The van der Waals surface area contributed by atoms with E-state index in [-0.39, 0.29) is 6.61 Å². The molecule has 0 N–H and O–H groups in total. The van der Waals surface area contributed by atoms with Gasteiger partial charge in [0, 0.05) is 19.8 Å². The third-order valence-electron chi connectivity index (χ3n) is 4.08. The molecule has 0 amide bonds. The van der Waals surface area contributed by atoms with Crippen molar-refractivity contribution in [1.82, 2.24) is 0 Å². The smallest absolute Gasteiger partial charge is 0.229 e. The normalized spacial score (nSPS) is 11.7. The number of aryl methyl sites for hydroxylation is 1. The predicted molar refractivity (Wildman–Crippen MR) is 92.9 cm³/mol. The Hall–Kier alpha value is -1.84. The third-order valence-corrected chi connectivity index (χ3v) is 4.08. The lowest BCUT2D eigenvalue weighted by molar-refractivity contribution is -0.231. The topological polar surface area (TPSA) is 27.7 Å². The van der Waals surface area contributed by atoms with Gasteiger partial charge < -0.3 is 14.2 Å². The van der Waals surface area contributed by atoms with Gasteiger partial charge >= 0.3 is 0 Å². The molecule has 0 fully saturated rings. The Morgan fingerprint density at radius 1 is 0.957 bits per heavy atom. The molecule has 0 aliphatic heterocycles. The number of hydrogen-bond donors (Lipinski definition) is 0. The average molecular weight is 314 g/mol. The molecule has 0 atom stereocenters. The fourth-order valence-electron chi connectivity index (χ4n) is 2.63. The van der Waals surface area contributed by atoms with Crippen molar-refractivity contribution in [3.05, 3.63) is 65.2 Å². The second-order valence-corrected chi connectivity index (χ2v) is 6.01. The van der Waals surface area contributed by atoms with Gasteiger partial charge in [-0.15, -0.1) is 0 Å². The van der Waals surface area contributed by atoms with Crippen molar-refractivity contribution in [2.24, 2.45) is 0 Å². The van der Waals surface area contributed by atoms with E-state index < -0.39 is 5.79 Å². The minimum atomic E-state index is -0.917. The highest BCUT2D eigenvalue weighted by molar-refractivity contribution is 5.39. The van der Waals surface area contributed by atoms with Crippen LogP contribution in [0.5, 0.6) is 5.75 Å². The van der Waals surface area contributed by atoms with Crippen LogP contribution in [0.1, 0.15) is 36.5 Å². The SMILES string of the molecule is COC(COc1cc(C)ccc1C(C)C)(OC)c1ccccc1. The Labute approximate surface area is 139 Å². The van der Waals surface area contributed by atoms with Crippen molar-refractivity contribution in [3.63, 3.8) is 0 Å². The van der Waals surface area contributed by atoms with Crippen LogP contribution < -0.4 is 4.74 Å². The number of hydrogen-bond acceptors (Lipinski definition) is 3. The molecule has 2 aromatic carbocycles. The van der Waals surface area contributed by atoms with Crippen LogP contribution in [0.25, 0.3) is 0 Å². The second-order valence-electron chi connectivity index (χ2n) is 6.01. The zero-order chi connectivity index (χ0) is 16.9. The maximum absolute atomic E-state index is 6.13. The van der Waals surface area contributed by atoms with Crippen LogP contribution >= 0.6 is 0 Å². The van der Waals surface area contributed by atoms with Gasteiger partial charge in [0.1, 0.15) is 12.4 Å². The first kappa shape index (κ1) is 17.5. The van der Waals surface area contributed by atoms with Crippen LogP contribution in [0.4, 0.5) is 0 Å². The molecule has 0 heterocycles. The Kier molecular flexibility index (Phi) is 5.80. The van der Waals surface area contributed by atoms with Crippen molar-refractivity contribution >= 4 is 0 Å². The van der Waals surface area contributed by atoms with E-state index in [1.165, 1.54) is 11.1 Å². The van der Waals surface area contributed by atoms with E-state index in [1.807, 2.05) is 30.3 Å². The molecule has 0 saturated carbocycles. The van der Waals surface area contributed by atoms with Gasteiger partial charge in [-0.3, -0.25) is 0 Å². The number of rotatable bonds is 7. The number of methoxy groups -OCH3 is 2. The molecule has 2 aromatic rings. The minimum absolute atomic E-state index is 0.285. The molecule has 3 heteroatoms. The second kappa shape index (κ2) is 7.62. The summed E-state index contributed by atoms with van der Waals surface area (Å²) in [6.07, 6.45) is 0. The molecular weight excluding hydrogens is 288 g/mol. The molecule has 0 aromatic heterocycles. The van der Waals surface area contributed by atoms with Gasteiger partial charge in [-0.1, -0.05) is 56.3 Å². The zero-order valence-electron chi connectivity index (χ0n) is 14.6. The van der Waals surface area contributed by atoms with Crippen LogP contribution in [0.3, 0.4) is 0 Å². The average Bonchev–Trinajstić information content (AvgIpc) is 2.57. The fraction of sp³-hybridized carbons (Fsp3) is 0.400. The Morgan fingerprint density at radius 2 is 1.61 bits per heavy atom.